The van der Waals surface area contributed by atoms with E-state index in [9.17, 15) is 0 Å². The van der Waals surface area contributed by atoms with E-state index in [2.05, 4.69) is 11.8 Å². The van der Waals surface area contributed by atoms with Crippen LogP contribution >= 0.6 is 0 Å². The molecule has 1 heterocycles. The summed E-state index contributed by atoms with van der Waals surface area (Å²) in [5, 5.41) is 3.12. The fourth-order valence-corrected chi connectivity index (χ4v) is 2.00. The Morgan fingerprint density at radius 1 is 1.18 bits per heavy atom. The Hall–Kier alpha value is -1.72. The van der Waals surface area contributed by atoms with Crippen molar-refractivity contribution < 1.29 is 14.0 Å². The number of rotatable bonds is 6. The Morgan fingerprint density at radius 3 is 2.32 bits per heavy atom. The summed E-state index contributed by atoms with van der Waals surface area (Å²) in [6.45, 7) is 12.2. The molecule has 2 rings (SSSR count). The summed E-state index contributed by atoms with van der Waals surface area (Å²) in [6, 6.07) is 9.97. The van der Waals surface area contributed by atoms with Crippen molar-refractivity contribution in [2.24, 2.45) is 0 Å². The summed E-state index contributed by atoms with van der Waals surface area (Å²) in [4.78, 5) is 0. The largest absolute Gasteiger partial charge is 0.593 e. The van der Waals surface area contributed by atoms with Crippen LogP contribution in [-0.2, 0) is 20.7 Å². The highest BCUT2D eigenvalue weighted by Gasteiger charge is 2.52. The molecule has 0 saturated carbocycles. The first-order valence-corrected chi connectivity index (χ1v) is 7.46. The molecule has 1 N–H and O–H groups in total. The Labute approximate surface area is 133 Å². The average Bonchev–Trinajstić information content (AvgIpc) is 2.65. The molecule has 0 aromatic heterocycles. The maximum absolute atomic E-state index is 5.90. The van der Waals surface area contributed by atoms with Crippen LogP contribution in [0.5, 0.6) is 0 Å². The van der Waals surface area contributed by atoms with Crippen LogP contribution in [0, 0.1) is 0 Å². The molecule has 0 bridgehead atoms. The molecule has 1 saturated heterocycles. The maximum Gasteiger partial charge on any atom is 0.593 e. The number of hydrogen-bond donors (Lipinski definition) is 1. The standard InChI is InChI=1S/C17H24BNO3/c1-6-10-15(20-13-14-11-8-7-9-12-14)19-18-21-16(2,3)17(4,5)22-18/h6-12,19H,1,13H2,2-5H3/b15-10+. The van der Waals surface area contributed by atoms with Crippen molar-refractivity contribution >= 4 is 7.25 Å². The zero-order chi connectivity index (χ0) is 16.2. The second-order valence-corrected chi connectivity index (χ2v) is 6.27. The lowest BCUT2D eigenvalue weighted by atomic mass is 9.90. The maximum atomic E-state index is 5.90. The van der Waals surface area contributed by atoms with Gasteiger partial charge >= 0.3 is 7.25 Å². The summed E-state index contributed by atoms with van der Waals surface area (Å²) >= 11 is 0. The lowest BCUT2D eigenvalue weighted by Crippen LogP contribution is -2.41. The zero-order valence-corrected chi connectivity index (χ0v) is 13.8. The first kappa shape index (κ1) is 16.7. The molecule has 4 nitrogen and oxygen atoms in total. The van der Waals surface area contributed by atoms with Crippen molar-refractivity contribution in [1.29, 1.82) is 0 Å². The molecule has 1 aromatic carbocycles. The molecular weight excluding hydrogens is 277 g/mol. The van der Waals surface area contributed by atoms with Gasteiger partial charge in [0.2, 0.25) is 0 Å². The average molecular weight is 301 g/mol. The fourth-order valence-electron chi connectivity index (χ4n) is 2.00. The van der Waals surface area contributed by atoms with Crippen molar-refractivity contribution in [1.82, 2.24) is 5.23 Å². The van der Waals surface area contributed by atoms with Crippen LogP contribution in [0.4, 0.5) is 0 Å². The molecular formula is C17H24BNO3. The van der Waals surface area contributed by atoms with Gasteiger partial charge in [-0.1, -0.05) is 43.0 Å². The van der Waals surface area contributed by atoms with Gasteiger partial charge in [-0.15, -0.1) is 0 Å². The lowest BCUT2D eigenvalue weighted by Gasteiger charge is -2.32. The lowest BCUT2D eigenvalue weighted by molar-refractivity contribution is 0.00578. The van der Waals surface area contributed by atoms with E-state index in [0.717, 1.165) is 5.56 Å². The highest BCUT2D eigenvalue weighted by atomic mass is 16.7. The molecule has 0 spiro atoms. The molecule has 0 radical (unpaired) electrons. The molecule has 1 fully saturated rings. The Bertz CT molecular complexity index is 524. The summed E-state index contributed by atoms with van der Waals surface area (Å²) < 4.78 is 17.6. The van der Waals surface area contributed by atoms with Gasteiger partial charge in [-0.2, -0.15) is 0 Å². The Kier molecular flexibility index (Phi) is 4.99. The summed E-state index contributed by atoms with van der Waals surface area (Å²) in [5.74, 6) is 0.567. The Balaban J connectivity index is 1.96. The summed E-state index contributed by atoms with van der Waals surface area (Å²) in [6.07, 6.45) is 3.42. The van der Waals surface area contributed by atoms with Crippen molar-refractivity contribution in [3.63, 3.8) is 0 Å². The van der Waals surface area contributed by atoms with Gasteiger partial charge in [0.15, 0.2) is 5.88 Å². The molecule has 0 atom stereocenters. The van der Waals surface area contributed by atoms with Gasteiger partial charge in [0.05, 0.1) is 11.2 Å². The van der Waals surface area contributed by atoms with E-state index in [-0.39, 0.29) is 11.2 Å². The minimum Gasteiger partial charge on any atom is -0.475 e. The van der Waals surface area contributed by atoms with Crippen LogP contribution in [0.2, 0.25) is 0 Å². The first-order valence-electron chi connectivity index (χ1n) is 7.46. The highest BCUT2D eigenvalue weighted by molar-refractivity contribution is 6.42. The van der Waals surface area contributed by atoms with Gasteiger partial charge < -0.3 is 19.3 Å². The van der Waals surface area contributed by atoms with Crippen molar-refractivity contribution in [2.75, 3.05) is 0 Å². The predicted octanol–water partition coefficient (Wildman–Crippen LogP) is 3.41. The normalized spacial score (nSPS) is 19.8. The van der Waals surface area contributed by atoms with E-state index in [1.165, 1.54) is 0 Å². The van der Waals surface area contributed by atoms with Crippen molar-refractivity contribution in [3.05, 3.63) is 60.5 Å². The molecule has 1 aliphatic heterocycles. The highest BCUT2D eigenvalue weighted by Crippen LogP contribution is 2.36. The second kappa shape index (κ2) is 6.59. The molecule has 5 heteroatoms. The van der Waals surface area contributed by atoms with E-state index in [1.807, 2.05) is 58.0 Å². The molecule has 0 aliphatic carbocycles. The van der Waals surface area contributed by atoms with Gasteiger partial charge in [0, 0.05) is 0 Å². The fraction of sp³-hybridized carbons (Fsp3) is 0.412. The molecule has 1 aromatic rings. The molecule has 22 heavy (non-hydrogen) atoms. The molecule has 118 valence electrons. The van der Waals surface area contributed by atoms with Crippen LogP contribution < -0.4 is 5.23 Å². The van der Waals surface area contributed by atoms with Crippen LogP contribution in [0.15, 0.2) is 54.9 Å². The Morgan fingerprint density at radius 2 is 1.77 bits per heavy atom. The molecule has 1 aliphatic rings. The second-order valence-electron chi connectivity index (χ2n) is 6.27. The SMILES string of the molecule is C=C/C=C(\NB1OC(C)(C)C(C)(C)O1)OCc1ccccc1. The summed E-state index contributed by atoms with van der Waals surface area (Å²) in [5.41, 5.74) is 0.320. The number of ether oxygens (including phenoxy) is 1. The van der Waals surface area contributed by atoms with Gasteiger partial charge in [-0.3, -0.25) is 0 Å². The van der Waals surface area contributed by atoms with E-state index < -0.39 is 7.25 Å². The van der Waals surface area contributed by atoms with Crippen molar-refractivity contribution in [3.8, 4) is 0 Å². The van der Waals surface area contributed by atoms with E-state index in [1.54, 1.807) is 12.2 Å². The molecule has 0 amide bonds. The van der Waals surface area contributed by atoms with Gasteiger partial charge in [-0.25, -0.2) is 0 Å². The van der Waals surface area contributed by atoms with Crippen molar-refractivity contribution in [2.45, 2.75) is 45.5 Å². The smallest absolute Gasteiger partial charge is 0.475 e. The third kappa shape index (κ3) is 3.93. The van der Waals surface area contributed by atoms with Crippen LogP contribution in [0.25, 0.3) is 0 Å². The van der Waals surface area contributed by atoms with E-state index in [4.69, 9.17) is 14.0 Å². The summed E-state index contributed by atoms with van der Waals surface area (Å²) in [7, 11) is -0.549. The molecule has 0 unspecified atom stereocenters. The van der Waals surface area contributed by atoms with E-state index >= 15 is 0 Å². The third-order valence-corrected chi connectivity index (χ3v) is 4.02. The number of benzene rings is 1. The van der Waals surface area contributed by atoms with Crippen LogP contribution in [0.1, 0.15) is 33.3 Å². The number of allylic oxidation sites excluding steroid dienone is 2. The number of nitrogens with one attached hydrogen (secondary N) is 1. The predicted molar refractivity (Wildman–Crippen MR) is 88.7 cm³/mol. The number of hydrogen-bond acceptors (Lipinski definition) is 4. The van der Waals surface area contributed by atoms with Crippen LogP contribution in [-0.4, -0.2) is 18.5 Å². The van der Waals surface area contributed by atoms with Gasteiger partial charge in [-0.05, 0) is 39.3 Å². The first-order chi connectivity index (χ1) is 10.3. The monoisotopic (exact) mass is 301 g/mol. The van der Waals surface area contributed by atoms with Crippen LogP contribution in [0.3, 0.4) is 0 Å². The van der Waals surface area contributed by atoms with Gasteiger partial charge in [0.25, 0.3) is 0 Å². The quantitative estimate of drug-likeness (QED) is 0.496. The third-order valence-electron chi connectivity index (χ3n) is 4.02. The topological polar surface area (TPSA) is 39.7 Å². The minimum atomic E-state index is -0.549. The minimum absolute atomic E-state index is 0.386. The van der Waals surface area contributed by atoms with Gasteiger partial charge in [0.1, 0.15) is 6.61 Å². The van der Waals surface area contributed by atoms with E-state index in [0.29, 0.717) is 12.5 Å². The zero-order valence-electron chi connectivity index (χ0n) is 13.8.